The zero-order valence-electron chi connectivity index (χ0n) is 7.64. The third-order valence-corrected chi connectivity index (χ3v) is 1.37. The standard InChI is InChI=1S/C7H10F3N3O2/c8-7(9,10)5(14)3-12-4-6(15)13-2-1-11/h5,12,14H,2-4H2,(H,13,15). The molecule has 3 N–H and O–H groups in total. The molecule has 0 rings (SSSR count). The number of carbonyl (C=O) groups is 1. The average Bonchev–Trinajstić information content (AvgIpc) is 2.13. The van der Waals surface area contributed by atoms with Crippen LogP contribution in [0.3, 0.4) is 0 Å². The predicted octanol–water partition coefficient (Wildman–Crippen LogP) is -0.861. The highest BCUT2D eigenvalue weighted by Crippen LogP contribution is 2.18. The number of halogens is 3. The van der Waals surface area contributed by atoms with E-state index in [1.807, 2.05) is 0 Å². The molecule has 0 aromatic heterocycles. The normalized spacial score (nSPS) is 13.0. The van der Waals surface area contributed by atoms with Crippen LogP contribution in [0.2, 0.25) is 0 Å². The molecule has 15 heavy (non-hydrogen) atoms. The molecule has 1 amide bonds. The summed E-state index contributed by atoms with van der Waals surface area (Å²) in [5.74, 6) is -0.606. The summed E-state index contributed by atoms with van der Waals surface area (Å²) in [5.41, 5.74) is 0. The van der Waals surface area contributed by atoms with Gasteiger partial charge < -0.3 is 15.7 Å². The number of hydrogen-bond donors (Lipinski definition) is 3. The van der Waals surface area contributed by atoms with E-state index in [4.69, 9.17) is 10.4 Å². The van der Waals surface area contributed by atoms with E-state index in [9.17, 15) is 18.0 Å². The number of nitriles is 1. The molecule has 86 valence electrons. The number of rotatable bonds is 5. The zero-order valence-corrected chi connectivity index (χ0v) is 7.64. The molecular weight excluding hydrogens is 215 g/mol. The van der Waals surface area contributed by atoms with Crippen LogP contribution >= 0.6 is 0 Å². The Kier molecular flexibility index (Phi) is 5.66. The Morgan fingerprint density at radius 2 is 2.13 bits per heavy atom. The zero-order chi connectivity index (χ0) is 11.9. The summed E-state index contributed by atoms with van der Waals surface area (Å²) in [6.07, 6.45) is -7.20. The van der Waals surface area contributed by atoms with Gasteiger partial charge in [0.1, 0.15) is 6.54 Å². The Morgan fingerprint density at radius 1 is 1.53 bits per heavy atom. The van der Waals surface area contributed by atoms with Gasteiger partial charge in [-0.3, -0.25) is 4.79 Å². The Hall–Kier alpha value is -1.33. The number of hydrogen-bond acceptors (Lipinski definition) is 4. The summed E-state index contributed by atoms with van der Waals surface area (Å²) in [7, 11) is 0. The lowest BCUT2D eigenvalue weighted by Gasteiger charge is -2.14. The van der Waals surface area contributed by atoms with Crippen LogP contribution in [0.4, 0.5) is 13.2 Å². The number of aliphatic hydroxyl groups is 1. The summed E-state index contributed by atoms with van der Waals surface area (Å²) in [6, 6.07) is 1.63. The molecule has 0 aliphatic rings. The number of nitrogens with one attached hydrogen (secondary N) is 2. The quantitative estimate of drug-likeness (QED) is 0.531. The van der Waals surface area contributed by atoms with Crippen LogP contribution in [-0.2, 0) is 4.79 Å². The molecule has 1 atom stereocenters. The van der Waals surface area contributed by atoms with Crippen molar-refractivity contribution < 1.29 is 23.1 Å². The lowest BCUT2D eigenvalue weighted by atomic mass is 10.3. The van der Waals surface area contributed by atoms with Crippen LogP contribution in [-0.4, -0.2) is 42.9 Å². The molecule has 0 aliphatic heterocycles. The van der Waals surface area contributed by atoms with Gasteiger partial charge >= 0.3 is 6.18 Å². The third-order valence-electron chi connectivity index (χ3n) is 1.37. The van der Waals surface area contributed by atoms with Crippen molar-refractivity contribution in [2.24, 2.45) is 0 Å². The minimum absolute atomic E-state index is 0.206. The van der Waals surface area contributed by atoms with Crippen molar-refractivity contribution in [1.29, 1.82) is 5.26 Å². The Morgan fingerprint density at radius 3 is 2.60 bits per heavy atom. The third kappa shape index (κ3) is 6.70. The van der Waals surface area contributed by atoms with E-state index in [-0.39, 0.29) is 13.1 Å². The predicted molar refractivity (Wildman–Crippen MR) is 43.6 cm³/mol. The summed E-state index contributed by atoms with van der Waals surface area (Å²) < 4.78 is 35.2. The second-order valence-electron chi connectivity index (χ2n) is 2.62. The second kappa shape index (κ2) is 6.21. The van der Waals surface area contributed by atoms with Crippen LogP contribution in [0.15, 0.2) is 0 Å². The van der Waals surface area contributed by atoms with E-state index in [0.29, 0.717) is 0 Å². The molecule has 8 heteroatoms. The Bertz CT molecular complexity index is 249. The SMILES string of the molecule is N#CCNC(=O)CNCC(O)C(F)(F)F. The molecule has 0 heterocycles. The van der Waals surface area contributed by atoms with Crippen molar-refractivity contribution >= 4 is 5.91 Å². The van der Waals surface area contributed by atoms with Gasteiger partial charge in [0.15, 0.2) is 6.10 Å². The van der Waals surface area contributed by atoms with Crippen LogP contribution in [0.25, 0.3) is 0 Å². The van der Waals surface area contributed by atoms with Gasteiger partial charge in [0.25, 0.3) is 0 Å². The summed E-state index contributed by atoms with van der Waals surface area (Å²) >= 11 is 0. The van der Waals surface area contributed by atoms with Crippen molar-refractivity contribution in [3.63, 3.8) is 0 Å². The van der Waals surface area contributed by atoms with E-state index in [1.54, 1.807) is 6.07 Å². The number of aliphatic hydroxyl groups excluding tert-OH is 1. The summed E-state index contributed by atoms with van der Waals surface area (Å²) in [4.78, 5) is 10.7. The molecular formula is C7H10F3N3O2. The molecule has 0 spiro atoms. The van der Waals surface area contributed by atoms with Crippen molar-refractivity contribution in [2.45, 2.75) is 12.3 Å². The van der Waals surface area contributed by atoms with Gasteiger partial charge in [-0.1, -0.05) is 0 Å². The van der Waals surface area contributed by atoms with Crippen LogP contribution in [0, 0.1) is 11.3 Å². The van der Waals surface area contributed by atoms with Crippen molar-refractivity contribution in [3.8, 4) is 6.07 Å². The molecule has 5 nitrogen and oxygen atoms in total. The van der Waals surface area contributed by atoms with Gasteiger partial charge in [0, 0.05) is 6.54 Å². The molecule has 1 unspecified atom stereocenters. The highest BCUT2D eigenvalue weighted by atomic mass is 19.4. The van der Waals surface area contributed by atoms with E-state index >= 15 is 0 Å². The Balaban J connectivity index is 3.63. The number of amides is 1. The number of nitrogens with zero attached hydrogens (tertiary/aromatic N) is 1. The lowest BCUT2D eigenvalue weighted by Crippen LogP contribution is -2.42. The van der Waals surface area contributed by atoms with E-state index < -0.39 is 24.7 Å². The highest BCUT2D eigenvalue weighted by molar-refractivity contribution is 5.78. The fourth-order valence-corrected chi connectivity index (χ4v) is 0.639. The lowest BCUT2D eigenvalue weighted by molar-refractivity contribution is -0.201. The van der Waals surface area contributed by atoms with Crippen molar-refractivity contribution in [2.75, 3.05) is 19.6 Å². The first-order chi connectivity index (χ1) is 6.88. The topological polar surface area (TPSA) is 85.2 Å². The summed E-state index contributed by atoms with van der Waals surface area (Å²) in [6.45, 7) is -1.35. The molecule has 0 aliphatic carbocycles. The molecule has 0 aromatic carbocycles. The fraction of sp³-hybridized carbons (Fsp3) is 0.714. The molecule has 0 radical (unpaired) electrons. The van der Waals surface area contributed by atoms with Crippen LogP contribution < -0.4 is 10.6 Å². The highest BCUT2D eigenvalue weighted by Gasteiger charge is 2.37. The minimum Gasteiger partial charge on any atom is -0.382 e. The monoisotopic (exact) mass is 225 g/mol. The van der Waals surface area contributed by atoms with E-state index in [0.717, 1.165) is 0 Å². The molecule has 0 bridgehead atoms. The van der Waals surface area contributed by atoms with Crippen LogP contribution in [0.5, 0.6) is 0 Å². The molecule has 0 saturated carbocycles. The van der Waals surface area contributed by atoms with Gasteiger partial charge in [-0.2, -0.15) is 18.4 Å². The Labute approximate surface area is 83.9 Å². The smallest absolute Gasteiger partial charge is 0.382 e. The van der Waals surface area contributed by atoms with E-state index in [2.05, 4.69) is 10.6 Å². The fourth-order valence-electron chi connectivity index (χ4n) is 0.639. The second-order valence-corrected chi connectivity index (χ2v) is 2.62. The number of carbonyl (C=O) groups excluding carboxylic acids is 1. The molecule has 0 saturated heterocycles. The molecule has 0 aromatic rings. The van der Waals surface area contributed by atoms with E-state index in [1.165, 1.54) is 0 Å². The maximum Gasteiger partial charge on any atom is 0.415 e. The van der Waals surface area contributed by atoms with Gasteiger partial charge in [-0.25, -0.2) is 0 Å². The maximum absolute atomic E-state index is 11.7. The van der Waals surface area contributed by atoms with Crippen LogP contribution in [0.1, 0.15) is 0 Å². The van der Waals surface area contributed by atoms with Gasteiger partial charge in [-0.15, -0.1) is 0 Å². The minimum atomic E-state index is -4.70. The maximum atomic E-state index is 11.7. The first kappa shape index (κ1) is 13.7. The largest absolute Gasteiger partial charge is 0.415 e. The van der Waals surface area contributed by atoms with Gasteiger partial charge in [0.2, 0.25) is 5.91 Å². The van der Waals surface area contributed by atoms with Gasteiger partial charge in [0.05, 0.1) is 12.6 Å². The summed E-state index contributed by atoms with van der Waals surface area (Å²) in [5, 5.41) is 20.8. The first-order valence-electron chi connectivity index (χ1n) is 3.97. The number of alkyl halides is 3. The van der Waals surface area contributed by atoms with Crippen molar-refractivity contribution in [3.05, 3.63) is 0 Å². The first-order valence-corrected chi connectivity index (χ1v) is 3.97. The average molecular weight is 225 g/mol. The molecule has 0 fully saturated rings. The van der Waals surface area contributed by atoms with Crippen molar-refractivity contribution in [1.82, 2.24) is 10.6 Å². The van der Waals surface area contributed by atoms with Gasteiger partial charge in [-0.05, 0) is 0 Å².